The molecular weight excluding hydrogens is 580 g/mol. The zero-order valence-corrected chi connectivity index (χ0v) is 22.5. The third-order valence-electron chi connectivity index (χ3n) is 5.52. The molecule has 36 heavy (non-hydrogen) atoms. The number of amides is 1. The standard InChI is InChI=1S/C27H18BrClN2O3S2/c28-25-14-15-26(35-25)36(33,34)31-20-11-8-18(9-12-20)27(32)30-24-13-10-19(29)16-23(24)22-7-3-5-17-4-1-2-6-21(17)22/h1-16,31H,(H,30,32). The van der Waals surface area contributed by atoms with Crippen LogP contribution in [0.2, 0.25) is 5.02 Å². The van der Waals surface area contributed by atoms with Gasteiger partial charge >= 0.3 is 0 Å². The second-order valence-electron chi connectivity index (χ2n) is 7.91. The minimum Gasteiger partial charge on any atom is -0.321 e. The van der Waals surface area contributed by atoms with Gasteiger partial charge in [-0.15, -0.1) is 11.3 Å². The Balaban J connectivity index is 1.40. The Labute approximate surface area is 225 Å². The van der Waals surface area contributed by atoms with Gasteiger partial charge in [0, 0.05) is 27.5 Å². The Bertz CT molecular complexity index is 1700. The summed E-state index contributed by atoms with van der Waals surface area (Å²) in [5.41, 5.74) is 3.12. The predicted octanol–water partition coefficient (Wildman–Crippen LogP) is 8.04. The lowest BCUT2D eigenvalue weighted by atomic mass is 9.97. The summed E-state index contributed by atoms with van der Waals surface area (Å²) in [6.45, 7) is 0. The van der Waals surface area contributed by atoms with Crippen molar-refractivity contribution >= 4 is 76.9 Å². The summed E-state index contributed by atoms with van der Waals surface area (Å²) >= 11 is 10.7. The Kier molecular flexibility index (Phi) is 6.85. The lowest BCUT2D eigenvalue weighted by Gasteiger charge is -2.14. The van der Waals surface area contributed by atoms with Crippen LogP contribution in [0.1, 0.15) is 10.4 Å². The van der Waals surface area contributed by atoms with Crippen molar-refractivity contribution in [1.29, 1.82) is 0 Å². The van der Waals surface area contributed by atoms with E-state index in [2.05, 4.69) is 26.0 Å². The molecule has 0 spiro atoms. The summed E-state index contributed by atoms with van der Waals surface area (Å²) in [4.78, 5) is 13.1. The Morgan fingerprint density at radius 3 is 2.33 bits per heavy atom. The first-order chi connectivity index (χ1) is 17.3. The van der Waals surface area contributed by atoms with Gasteiger partial charge in [0.25, 0.3) is 15.9 Å². The summed E-state index contributed by atoms with van der Waals surface area (Å²) in [7, 11) is -3.71. The van der Waals surface area contributed by atoms with E-state index < -0.39 is 10.0 Å². The van der Waals surface area contributed by atoms with E-state index in [1.165, 1.54) is 6.07 Å². The summed E-state index contributed by atoms with van der Waals surface area (Å²) in [6, 6.07) is 28.8. The van der Waals surface area contributed by atoms with Gasteiger partial charge in [-0.05, 0) is 86.9 Å². The highest BCUT2D eigenvalue weighted by molar-refractivity contribution is 9.11. The quantitative estimate of drug-likeness (QED) is 0.208. The summed E-state index contributed by atoms with van der Waals surface area (Å²) < 4.78 is 28.6. The Hall–Kier alpha value is -3.17. The number of rotatable bonds is 6. The van der Waals surface area contributed by atoms with Gasteiger partial charge in [-0.1, -0.05) is 54.1 Å². The number of thiophene rings is 1. The molecule has 2 N–H and O–H groups in total. The zero-order valence-electron chi connectivity index (χ0n) is 18.5. The van der Waals surface area contributed by atoms with Crippen molar-refractivity contribution in [1.82, 2.24) is 0 Å². The number of halogens is 2. The largest absolute Gasteiger partial charge is 0.321 e. The van der Waals surface area contributed by atoms with E-state index >= 15 is 0 Å². The van der Waals surface area contributed by atoms with Crippen LogP contribution in [0, 0.1) is 0 Å². The molecule has 5 rings (SSSR count). The van der Waals surface area contributed by atoms with Gasteiger partial charge in [-0.25, -0.2) is 8.42 Å². The molecule has 5 aromatic rings. The number of fused-ring (bicyclic) bond motifs is 1. The van der Waals surface area contributed by atoms with Crippen LogP contribution in [0.3, 0.4) is 0 Å². The SMILES string of the molecule is O=C(Nc1ccc(Cl)cc1-c1cccc2ccccc12)c1ccc(NS(=O)(=O)c2ccc(Br)s2)cc1. The van der Waals surface area contributed by atoms with Gasteiger partial charge in [-0.2, -0.15) is 0 Å². The van der Waals surface area contributed by atoms with Crippen LogP contribution in [0.25, 0.3) is 21.9 Å². The van der Waals surface area contributed by atoms with Crippen LogP contribution >= 0.6 is 38.9 Å². The molecule has 0 radical (unpaired) electrons. The van der Waals surface area contributed by atoms with Gasteiger partial charge in [0.15, 0.2) is 0 Å². The van der Waals surface area contributed by atoms with Gasteiger partial charge in [-0.3, -0.25) is 9.52 Å². The fraction of sp³-hybridized carbons (Fsp3) is 0. The van der Waals surface area contributed by atoms with Crippen LogP contribution in [-0.4, -0.2) is 14.3 Å². The summed E-state index contributed by atoms with van der Waals surface area (Å²) in [5.74, 6) is -0.324. The third-order valence-corrected chi connectivity index (χ3v) is 9.25. The molecule has 0 unspecified atom stereocenters. The number of hydrogen-bond acceptors (Lipinski definition) is 4. The van der Waals surface area contributed by atoms with Crippen molar-refractivity contribution < 1.29 is 13.2 Å². The highest BCUT2D eigenvalue weighted by Crippen LogP contribution is 2.36. The lowest BCUT2D eigenvalue weighted by Crippen LogP contribution is -2.14. The average molecular weight is 598 g/mol. The van der Waals surface area contributed by atoms with Gasteiger partial charge in [0.2, 0.25) is 0 Å². The highest BCUT2D eigenvalue weighted by atomic mass is 79.9. The van der Waals surface area contributed by atoms with Crippen LogP contribution in [0.15, 0.2) is 105 Å². The Morgan fingerprint density at radius 1 is 0.833 bits per heavy atom. The van der Waals surface area contributed by atoms with Gasteiger partial charge in [0.05, 0.1) is 3.79 Å². The van der Waals surface area contributed by atoms with Crippen molar-refractivity contribution in [3.63, 3.8) is 0 Å². The van der Waals surface area contributed by atoms with Crippen LogP contribution in [0.4, 0.5) is 11.4 Å². The van der Waals surface area contributed by atoms with Crippen molar-refractivity contribution in [2.75, 3.05) is 10.0 Å². The molecule has 4 aromatic carbocycles. The van der Waals surface area contributed by atoms with E-state index in [4.69, 9.17) is 11.6 Å². The topological polar surface area (TPSA) is 75.3 Å². The van der Waals surface area contributed by atoms with E-state index in [0.29, 0.717) is 22.0 Å². The van der Waals surface area contributed by atoms with Gasteiger partial charge in [0.1, 0.15) is 4.21 Å². The first-order valence-electron chi connectivity index (χ1n) is 10.8. The lowest BCUT2D eigenvalue weighted by molar-refractivity contribution is 0.102. The van der Waals surface area contributed by atoms with Crippen LogP contribution in [0.5, 0.6) is 0 Å². The van der Waals surface area contributed by atoms with E-state index in [0.717, 1.165) is 37.0 Å². The number of anilines is 2. The first-order valence-corrected chi connectivity index (χ1v) is 14.2. The molecule has 180 valence electrons. The molecule has 0 aliphatic carbocycles. The molecule has 0 saturated carbocycles. The number of nitrogens with one attached hydrogen (secondary N) is 2. The second kappa shape index (κ2) is 10.1. The maximum atomic E-state index is 13.1. The number of sulfonamides is 1. The fourth-order valence-corrected chi connectivity index (χ4v) is 7.08. The molecule has 0 atom stereocenters. The molecule has 0 saturated heterocycles. The van der Waals surface area contributed by atoms with Crippen LogP contribution in [-0.2, 0) is 10.0 Å². The average Bonchev–Trinajstić information content (AvgIpc) is 3.32. The second-order valence-corrected chi connectivity index (χ2v) is 12.7. The molecule has 1 aromatic heterocycles. The highest BCUT2D eigenvalue weighted by Gasteiger charge is 2.17. The maximum absolute atomic E-state index is 13.1. The predicted molar refractivity (Wildman–Crippen MR) is 152 cm³/mol. The van der Waals surface area contributed by atoms with Crippen molar-refractivity contribution in [2.45, 2.75) is 4.21 Å². The molecule has 0 aliphatic heterocycles. The normalized spacial score (nSPS) is 11.4. The van der Waals surface area contributed by atoms with Crippen molar-refractivity contribution in [3.05, 3.63) is 111 Å². The van der Waals surface area contributed by atoms with Gasteiger partial charge < -0.3 is 5.32 Å². The minimum absolute atomic E-state index is 0.194. The van der Waals surface area contributed by atoms with Crippen molar-refractivity contribution in [2.24, 2.45) is 0 Å². The molecule has 0 bridgehead atoms. The minimum atomic E-state index is -3.71. The smallest absolute Gasteiger partial charge is 0.271 e. The van der Waals surface area contributed by atoms with E-state index in [-0.39, 0.29) is 10.1 Å². The fourth-order valence-electron chi connectivity index (χ4n) is 3.84. The monoisotopic (exact) mass is 596 g/mol. The van der Waals surface area contributed by atoms with E-state index in [9.17, 15) is 13.2 Å². The molecule has 1 amide bonds. The number of hydrogen-bond donors (Lipinski definition) is 2. The number of benzene rings is 4. The molecule has 1 heterocycles. The first kappa shape index (κ1) is 24.5. The summed E-state index contributed by atoms with van der Waals surface area (Å²) in [5, 5.41) is 5.67. The summed E-state index contributed by atoms with van der Waals surface area (Å²) in [6.07, 6.45) is 0. The molecule has 5 nitrogen and oxygen atoms in total. The van der Waals surface area contributed by atoms with Crippen LogP contribution < -0.4 is 10.0 Å². The molecule has 9 heteroatoms. The van der Waals surface area contributed by atoms with E-state index in [1.807, 2.05) is 48.5 Å². The van der Waals surface area contributed by atoms with E-state index in [1.54, 1.807) is 42.5 Å². The number of carbonyl (C=O) groups is 1. The number of carbonyl (C=O) groups excluding carboxylic acids is 1. The van der Waals surface area contributed by atoms with Crippen molar-refractivity contribution in [3.8, 4) is 11.1 Å². The third kappa shape index (κ3) is 5.17. The molecule has 0 aliphatic rings. The zero-order chi connectivity index (χ0) is 25.3. The molecule has 0 fully saturated rings. The Morgan fingerprint density at radius 2 is 1.58 bits per heavy atom. The molecular formula is C27H18BrClN2O3S2. The maximum Gasteiger partial charge on any atom is 0.271 e.